The van der Waals surface area contributed by atoms with Gasteiger partial charge in [-0.05, 0) is 25.2 Å². The van der Waals surface area contributed by atoms with Crippen molar-refractivity contribution in [2.45, 2.75) is 77.5 Å². The number of nitrogens with zero attached hydrogens (tertiary/aromatic N) is 4. The summed E-state index contributed by atoms with van der Waals surface area (Å²) in [7, 11) is 0. The average molecular weight is 433 g/mol. The van der Waals surface area contributed by atoms with Gasteiger partial charge in [-0.1, -0.05) is 6.92 Å². The normalized spacial score (nSPS) is 24.3. The Hall–Kier alpha value is -2.95. The van der Waals surface area contributed by atoms with Crippen LogP contribution in [0.5, 0.6) is 0 Å². The first-order valence-electron chi connectivity index (χ1n) is 10.5. The molecule has 1 aliphatic carbocycles. The molecular weight excluding hydrogens is 406 g/mol. The number of hydrogen-bond donors (Lipinski definition) is 1. The molecule has 31 heavy (non-hydrogen) atoms. The zero-order valence-electron chi connectivity index (χ0n) is 17.8. The Labute approximate surface area is 178 Å². The first kappa shape index (κ1) is 21.3. The van der Waals surface area contributed by atoms with Crippen molar-refractivity contribution in [2.75, 3.05) is 5.73 Å². The van der Waals surface area contributed by atoms with Gasteiger partial charge in [0, 0.05) is 26.8 Å². The summed E-state index contributed by atoms with van der Waals surface area (Å²) in [5.41, 5.74) is 6.34. The smallest absolute Gasteiger partial charge is 0.332 e. The van der Waals surface area contributed by atoms with Crippen molar-refractivity contribution in [1.82, 2.24) is 19.1 Å². The molecule has 4 atom stereocenters. The van der Waals surface area contributed by atoms with E-state index in [-0.39, 0.29) is 18.1 Å². The Morgan fingerprint density at radius 3 is 2.68 bits per heavy atom. The third kappa shape index (κ3) is 4.27. The van der Waals surface area contributed by atoms with Crippen LogP contribution >= 0.6 is 0 Å². The number of imidazole rings is 1. The average Bonchev–Trinajstić information content (AvgIpc) is 3.38. The molecular formula is C20H27N5O6. The summed E-state index contributed by atoms with van der Waals surface area (Å²) in [6.07, 6.45) is 1.69. The van der Waals surface area contributed by atoms with Gasteiger partial charge in [-0.25, -0.2) is 14.3 Å². The molecule has 0 amide bonds. The predicted molar refractivity (Wildman–Crippen MR) is 109 cm³/mol. The zero-order valence-corrected chi connectivity index (χ0v) is 17.8. The summed E-state index contributed by atoms with van der Waals surface area (Å²) in [6, 6.07) is 0. The maximum absolute atomic E-state index is 13.4. The van der Waals surface area contributed by atoms with Crippen LogP contribution in [0.15, 0.2) is 11.0 Å². The number of carbonyl (C=O) groups excluding carboxylic acids is 2. The fraction of sp³-hybridized carbons (Fsp3) is 0.650. The van der Waals surface area contributed by atoms with Gasteiger partial charge in [-0.3, -0.25) is 14.2 Å². The van der Waals surface area contributed by atoms with Crippen molar-refractivity contribution in [2.24, 2.45) is 5.92 Å². The monoisotopic (exact) mass is 433 g/mol. The van der Waals surface area contributed by atoms with E-state index in [1.807, 2.05) is 6.92 Å². The van der Waals surface area contributed by atoms with Crippen LogP contribution in [0.25, 0.3) is 11.2 Å². The van der Waals surface area contributed by atoms with Crippen LogP contribution in [-0.4, -0.2) is 49.4 Å². The van der Waals surface area contributed by atoms with Gasteiger partial charge >= 0.3 is 17.6 Å². The van der Waals surface area contributed by atoms with Gasteiger partial charge in [0.1, 0.15) is 23.8 Å². The van der Waals surface area contributed by atoms with Gasteiger partial charge in [0.15, 0.2) is 11.9 Å². The summed E-state index contributed by atoms with van der Waals surface area (Å²) in [4.78, 5) is 45.0. The molecule has 2 fully saturated rings. The molecule has 2 aromatic rings. The number of ether oxygens (including phenoxy) is 3. The van der Waals surface area contributed by atoms with Gasteiger partial charge in [-0.2, -0.15) is 4.98 Å². The fourth-order valence-corrected chi connectivity index (χ4v) is 4.12. The number of nitrogens with two attached hydrogens (primary N) is 1. The van der Waals surface area contributed by atoms with E-state index in [0.29, 0.717) is 30.0 Å². The molecule has 2 N–H and O–H groups in total. The molecule has 1 saturated heterocycles. The molecule has 0 aromatic carbocycles. The lowest BCUT2D eigenvalue weighted by molar-refractivity contribution is -0.158. The van der Waals surface area contributed by atoms with Crippen LogP contribution in [-0.2, 0) is 30.3 Å². The van der Waals surface area contributed by atoms with E-state index in [2.05, 4.69) is 9.97 Å². The molecule has 0 unspecified atom stereocenters. The van der Waals surface area contributed by atoms with Gasteiger partial charge < -0.3 is 19.9 Å². The predicted octanol–water partition coefficient (Wildman–Crippen LogP) is 1.15. The SMILES string of the molecule is CC[C@H](OC(C)=O)[C@@H]1C[C@@H](OC(C)=O)[C@H](n2c(=O)n(CC3CC3)c3cnc(N)nc32)O1. The lowest BCUT2D eigenvalue weighted by atomic mass is 10.1. The van der Waals surface area contributed by atoms with Crippen molar-refractivity contribution >= 4 is 29.1 Å². The fourth-order valence-electron chi connectivity index (χ4n) is 4.12. The first-order valence-corrected chi connectivity index (χ1v) is 10.5. The number of anilines is 1. The summed E-state index contributed by atoms with van der Waals surface area (Å²) in [5.74, 6) is -0.468. The third-order valence-corrected chi connectivity index (χ3v) is 5.67. The van der Waals surface area contributed by atoms with Crippen LogP contribution in [0.3, 0.4) is 0 Å². The van der Waals surface area contributed by atoms with Gasteiger partial charge in [0.2, 0.25) is 5.95 Å². The van der Waals surface area contributed by atoms with E-state index in [1.165, 1.54) is 24.6 Å². The molecule has 3 heterocycles. The molecule has 0 spiro atoms. The van der Waals surface area contributed by atoms with Crippen molar-refractivity contribution in [3.05, 3.63) is 16.7 Å². The summed E-state index contributed by atoms with van der Waals surface area (Å²) in [5, 5.41) is 0. The number of nitrogen functional groups attached to an aromatic ring is 1. The zero-order chi connectivity index (χ0) is 22.3. The van der Waals surface area contributed by atoms with E-state index in [0.717, 1.165) is 12.8 Å². The second-order valence-electron chi connectivity index (χ2n) is 8.15. The lowest BCUT2D eigenvalue weighted by Gasteiger charge is -2.22. The molecule has 0 bridgehead atoms. The van der Waals surface area contributed by atoms with Crippen molar-refractivity contribution in [3.8, 4) is 0 Å². The van der Waals surface area contributed by atoms with Gasteiger partial charge in [0.25, 0.3) is 0 Å². The highest BCUT2D eigenvalue weighted by Crippen LogP contribution is 2.36. The number of aromatic nitrogens is 4. The largest absolute Gasteiger partial charge is 0.460 e. The van der Waals surface area contributed by atoms with E-state index >= 15 is 0 Å². The number of fused-ring (bicyclic) bond motifs is 1. The molecule has 4 rings (SSSR count). The van der Waals surface area contributed by atoms with Gasteiger partial charge in [-0.15, -0.1) is 0 Å². The molecule has 1 saturated carbocycles. The van der Waals surface area contributed by atoms with Gasteiger partial charge in [0.05, 0.1) is 6.20 Å². The molecule has 168 valence electrons. The van der Waals surface area contributed by atoms with E-state index in [9.17, 15) is 14.4 Å². The third-order valence-electron chi connectivity index (χ3n) is 5.67. The lowest BCUT2D eigenvalue weighted by Crippen LogP contribution is -2.34. The first-order chi connectivity index (χ1) is 14.8. The highest BCUT2D eigenvalue weighted by molar-refractivity contribution is 5.72. The minimum absolute atomic E-state index is 0.0229. The molecule has 1 aliphatic heterocycles. The van der Waals surface area contributed by atoms with Crippen LogP contribution in [0.4, 0.5) is 5.95 Å². The Balaban J connectivity index is 1.77. The van der Waals surface area contributed by atoms with Crippen molar-refractivity contribution in [3.63, 3.8) is 0 Å². The minimum Gasteiger partial charge on any atom is -0.460 e. The molecule has 11 nitrogen and oxygen atoms in total. The molecule has 2 aliphatic rings. The Morgan fingerprint density at radius 1 is 1.32 bits per heavy atom. The molecule has 2 aromatic heterocycles. The molecule has 11 heteroatoms. The highest BCUT2D eigenvalue weighted by Gasteiger charge is 2.45. The van der Waals surface area contributed by atoms with E-state index in [1.54, 1.807) is 4.57 Å². The summed E-state index contributed by atoms with van der Waals surface area (Å²) in [6.45, 7) is 5.04. The van der Waals surface area contributed by atoms with E-state index in [4.69, 9.17) is 19.9 Å². The summed E-state index contributed by atoms with van der Waals surface area (Å²) >= 11 is 0. The number of carbonyl (C=O) groups is 2. The van der Waals surface area contributed by atoms with Crippen LogP contribution in [0.1, 0.15) is 52.7 Å². The van der Waals surface area contributed by atoms with Crippen molar-refractivity contribution < 1.29 is 23.8 Å². The Bertz CT molecular complexity index is 1060. The highest BCUT2D eigenvalue weighted by atomic mass is 16.6. The van der Waals surface area contributed by atoms with E-state index < -0.39 is 36.5 Å². The Kier molecular flexibility index (Phi) is 5.69. The topological polar surface area (TPSA) is 141 Å². The number of hydrogen-bond acceptors (Lipinski definition) is 9. The van der Waals surface area contributed by atoms with Crippen molar-refractivity contribution in [1.29, 1.82) is 0 Å². The standard InChI is InChI=1S/C20H27N5O6/c1-4-14(29-10(2)26)15-7-16(30-11(3)27)18(31-15)25-17-13(8-22-19(21)23-17)24(20(25)28)9-12-5-6-12/h8,12,14-16,18H,4-7,9H2,1-3H3,(H2,21,22,23)/t14-,15-,16+,18+/m0/s1. The summed E-state index contributed by atoms with van der Waals surface area (Å²) < 4.78 is 20.1. The number of esters is 2. The maximum atomic E-state index is 13.4. The minimum atomic E-state index is -0.928. The quantitative estimate of drug-likeness (QED) is 0.636. The second-order valence-corrected chi connectivity index (χ2v) is 8.15. The van der Waals surface area contributed by atoms with Crippen LogP contribution in [0, 0.1) is 5.92 Å². The van der Waals surface area contributed by atoms with Crippen LogP contribution < -0.4 is 11.4 Å². The number of rotatable bonds is 7. The second kappa shape index (κ2) is 8.29. The Morgan fingerprint density at radius 2 is 2.06 bits per heavy atom. The maximum Gasteiger partial charge on any atom is 0.332 e. The van der Waals surface area contributed by atoms with Crippen LogP contribution in [0.2, 0.25) is 0 Å². The molecule has 0 radical (unpaired) electrons.